The van der Waals surface area contributed by atoms with Crippen molar-refractivity contribution in [3.63, 3.8) is 0 Å². The Kier molecular flexibility index (Phi) is 8.54. The standard InChI is InChI=1S/C23H22F4N6O5S/c1-37-18(15-9-14(6-7-16(15)24)38-23(25,26)27)19(34)30-22-33-32-21(39-22)29-13-4-2-11(3-5-13)17-8-12(20(35)36)10-28-31-17/h6-11,13,18H,2-5H2,1H3,(H,29,32)(H,35,36)(H,30,33,34). The summed E-state index contributed by atoms with van der Waals surface area (Å²) in [7, 11) is 1.11. The van der Waals surface area contributed by atoms with Gasteiger partial charge in [0.1, 0.15) is 11.6 Å². The van der Waals surface area contributed by atoms with Crippen molar-refractivity contribution in [2.75, 3.05) is 17.7 Å². The van der Waals surface area contributed by atoms with Crippen molar-refractivity contribution in [2.45, 2.75) is 50.1 Å². The summed E-state index contributed by atoms with van der Waals surface area (Å²) >= 11 is 1.02. The van der Waals surface area contributed by atoms with E-state index in [0.29, 0.717) is 10.8 Å². The van der Waals surface area contributed by atoms with E-state index in [1.54, 1.807) is 0 Å². The minimum atomic E-state index is -4.99. The largest absolute Gasteiger partial charge is 0.573 e. The van der Waals surface area contributed by atoms with E-state index < -0.39 is 41.5 Å². The lowest BCUT2D eigenvalue weighted by Crippen LogP contribution is -2.25. The summed E-state index contributed by atoms with van der Waals surface area (Å²) in [6.07, 6.45) is -2.39. The number of benzene rings is 1. The zero-order valence-corrected chi connectivity index (χ0v) is 21.1. The number of rotatable bonds is 9. The highest BCUT2D eigenvalue weighted by Gasteiger charge is 2.33. The first kappa shape index (κ1) is 28.1. The Balaban J connectivity index is 1.34. The molecule has 0 aliphatic heterocycles. The maximum Gasteiger partial charge on any atom is 0.573 e. The second-order valence-electron chi connectivity index (χ2n) is 8.62. The summed E-state index contributed by atoms with van der Waals surface area (Å²) in [5, 5.41) is 31.0. The molecule has 1 saturated carbocycles. The molecule has 0 bridgehead atoms. The maximum atomic E-state index is 14.3. The summed E-state index contributed by atoms with van der Waals surface area (Å²) in [5.41, 5.74) is 0.272. The van der Waals surface area contributed by atoms with Crippen molar-refractivity contribution in [2.24, 2.45) is 0 Å². The molecule has 0 saturated heterocycles. The number of ether oxygens (including phenoxy) is 2. The molecule has 39 heavy (non-hydrogen) atoms. The van der Waals surface area contributed by atoms with Gasteiger partial charge in [-0.15, -0.1) is 23.4 Å². The molecule has 0 spiro atoms. The number of hydrogen-bond donors (Lipinski definition) is 3. The highest BCUT2D eigenvalue weighted by molar-refractivity contribution is 7.19. The minimum absolute atomic E-state index is 0.0468. The lowest BCUT2D eigenvalue weighted by Gasteiger charge is -2.28. The number of carboxylic acid groups (broad SMARTS) is 1. The predicted molar refractivity (Wildman–Crippen MR) is 129 cm³/mol. The van der Waals surface area contributed by atoms with Gasteiger partial charge in [-0.3, -0.25) is 10.1 Å². The van der Waals surface area contributed by atoms with Crippen LogP contribution in [0.5, 0.6) is 5.75 Å². The molecule has 1 aliphatic carbocycles. The molecule has 4 rings (SSSR count). The third-order valence-corrected chi connectivity index (χ3v) is 6.78. The van der Waals surface area contributed by atoms with E-state index in [-0.39, 0.29) is 22.7 Å². The summed E-state index contributed by atoms with van der Waals surface area (Å²) in [5.74, 6) is -3.51. The monoisotopic (exact) mass is 570 g/mol. The second kappa shape index (κ2) is 11.9. The van der Waals surface area contributed by atoms with Crippen LogP contribution in [0, 0.1) is 5.82 Å². The van der Waals surface area contributed by atoms with Crippen molar-refractivity contribution < 1.29 is 41.7 Å². The van der Waals surface area contributed by atoms with Crippen LogP contribution in [0.1, 0.15) is 59.3 Å². The topological polar surface area (TPSA) is 148 Å². The van der Waals surface area contributed by atoms with Crippen LogP contribution in [0.2, 0.25) is 0 Å². The molecule has 1 fully saturated rings. The number of nitrogens with zero attached hydrogens (tertiary/aromatic N) is 4. The van der Waals surface area contributed by atoms with Gasteiger partial charge in [-0.1, -0.05) is 11.3 Å². The number of hydrogen-bond acceptors (Lipinski definition) is 10. The first-order chi connectivity index (χ1) is 18.5. The second-order valence-corrected chi connectivity index (χ2v) is 9.59. The van der Waals surface area contributed by atoms with Gasteiger partial charge in [-0.25, -0.2) is 9.18 Å². The lowest BCUT2D eigenvalue weighted by atomic mass is 9.84. The SMILES string of the molecule is COC(C(=O)Nc1nnc(NC2CCC(c3cc(C(=O)O)cnn3)CC2)s1)c1cc(OC(F)(F)F)ccc1F. The van der Waals surface area contributed by atoms with Crippen molar-refractivity contribution in [1.29, 1.82) is 0 Å². The molecule has 0 radical (unpaired) electrons. The fourth-order valence-electron chi connectivity index (χ4n) is 4.21. The molecule has 16 heteroatoms. The van der Waals surface area contributed by atoms with Gasteiger partial charge in [0.2, 0.25) is 10.3 Å². The Morgan fingerprint density at radius 2 is 1.82 bits per heavy atom. The Morgan fingerprint density at radius 3 is 2.49 bits per heavy atom. The average molecular weight is 571 g/mol. The van der Waals surface area contributed by atoms with Gasteiger partial charge < -0.3 is 19.9 Å². The molecule has 208 valence electrons. The van der Waals surface area contributed by atoms with E-state index in [4.69, 9.17) is 9.84 Å². The van der Waals surface area contributed by atoms with Gasteiger partial charge in [-0.2, -0.15) is 10.2 Å². The van der Waals surface area contributed by atoms with Gasteiger partial charge in [0.15, 0.2) is 6.10 Å². The van der Waals surface area contributed by atoms with E-state index in [0.717, 1.165) is 62.3 Å². The smallest absolute Gasteiger partial charge is 0.478 e. The zero-order chi connectivity index (χ0) is 28.2. The molecule has 2 aromatic heterocycles. The highest BCUT2D eigenvalue weighted by atomic mass is 32.1. The third kappa shape index (κ3) is 7.35. The normalized spacial score (nSPS) is 18.3. The fraction of sp³-hybridized carbons (Fsp3) is 0.391. The van der Waals surface area contributed by atoms with Crippen LogP contribution in [0.25, 0.3) is 0 Å². The molecular formula is C23H22F4N6O5S. The van der Waals surface area contributed by atoms with Gasteiger partial charge in [0.05, 0.1) is 17.5 Å². The molecule has 1 aliphatic rings. The van der Waals surface area contributed by atoms with Crippen LogP contribution < -0.4 is 15.4 Å². The number of carbonyl (C=O) groups excluding carboxylic acids is 1. The van der Waals surface area contributed by atoms with Crippen LogP contribution in [0.3, 0.4) is 0 Å². The number of aromatic carboxylic acids is 1. The van der Waals surface area contributed by atoms with Crippen LogP contribution in [0.4, 0.5) is 27.8 Å². The summed E-state index contributed by atoms with van der Waals surface area (Å²) in [6, 6.07) is 3.85. The third-order valence-electron chi connectivity index (χ3n) is 6.01. The number of carboxylic acids is 1. The van der Waals surface area contributed by atoms with Gasteiger partial charge >= 0.3 is 12.3 Å². The molecule has 1 unspecified atom stereocenters. The van der Waals surface area contributed by atoms with E-state index in [1.165, 1.54) is 12.3 Å². The highest BCUT2D eigenvalue weighted by Crippen LogP contribution is 2.34. The quantitative estimate of drug-likeness (QED) is 0.313. The molecule has 11 nitrogen and oxygen atoms in total. The first-order valence-corrected chi connectivity index (χ1v) is 12.4. The van der Waals surface area contributed by atoms with Crippen LogP contribution in [-0.4, -0.2) is 56.9 Å². The molecule has 1 amide bonds. The lowest BCUT2D eigenvalue weighted by molar-refractivity contribution is -0.274. The van der Waals surface area contributed by atoms with Crippen molar-refractivity contribution in [1.82, 2.24) is 20.4 Å². The van der Waals surface area contributed by atoms with Crippen molar-refractivity contribution in [3.8, 4) is 5.75 Å². The summed E-state index contributed by atoms with van der Waals surface area (Å²) in [6.45, 7) is 0. The van der Waals surface area contributed by atoms with Crippen molar-refractivity contribution >= 4 is 33.5 Å². The van der Waals surface area contributed by atoms with Gasteiger partial charge in [0, 0.05) is 24.6 Å². The number of anilines is 2. The minimum Gasteiger partial charge on any atom is -0.478 e. The predicted octanol–water partition coefficient (Wildman–Crippen LogP) is 4.53. The summed E-state index contributed by atoms with van der Waals surface area (Å²) < 4.78 is 60.8. The molecule has 1 atom stereocenters. The summed E-state index contributed by atoms with van der Waals surface area (Å²) in [4.78, 5) is 23.9. The molecule has 1 aromatic carbocycles. The molecular weight excluding hydrogens is 548 g/mol. The number of amides is 1. The number of nitrogens with one attached hydrogen (secondary N) is 2. The number of alkyl halides is 3. The first-order valence-electron chi connectivity index (χ1n) is 11.6. The van der Waals surface area contributed by atoms with E-state index in [9.17, 15) is 27.2 Å². The van der Waals surface area contributed by atoms with Crippen LogP contribution >= 0.6 is 11.3 Å². The van der Waals surface area contributed by atoms with Crippen LogP contribution in [-0.2, 0) is 9.53 Å². The average Bonchev–Trinajstić information content (AvgIpc) is 3.32. The molecule has 3 N–H and O–H groups in total. The van der Waals surface area contributed by atoms with E-state index in [2.05, 4.69) is 35.8 Å². The van der Waals surface area contributed by atoms with Gasteiger partial charge in [0.25, 0.3) is 5.91 Å². The van der Waals surface area contributed by atoms with Gasteiger partial charge in [-0.05, 0) is 49.9 Å². The Morgan fingerprint density at radius 1 is 1.10 bits per heavy atom. The Labute approximate surface area is 222 Å². The zero-order valence-electron chi connectivity index (χ0n) is 20.2. The maximum absolute atomic E-state index is 14.3. The number of methoxy groups -OCH3 is 1. The number of halogens is 4. The molecule has 2 heterocycles. The van der Waals surface area contributed by atoms with Crippen molar-refractivity contribution in [3.05, 3.63) is 53.1 Å². The van der Waals surface area contributed by atoms with Crippen LogP contribution in [0.15, 0.2) is 30.5 Å². The Hall–Kier alpha value is -3.92. The number of aromatic nitrogens is 4. The van der Waals surface area contributed by atoms with E-state index >= 15 is 0 Å². The Bertz CT molecular complexity index is 1330. The van der Waals surface area contributed by atoms with E-state index in [1.807, 2.05) is 0 Å². The fourth-order valence-corrected chi connectivity index (χ4v) is 4.93. The number of carbonyl (C=O) groups is 2. The molecule has 3 aromatic rings.